The molecule has 2 aromatic rings. The summed E-state index contributed by atoms with van der Waals surface area (Å²) in [4.78, 5) is 38.2. The number of carbonyl (C=O) groups excluding carboxylic acids is 3. The van der Waals surface area contributed by atoms with Crippen molar-refractivity contribution in [3.63, 3.8) is 0 Å². The maximum Gasteiger partial charge on any atom is 0.324 e. The van der Waals surface area contributed by atoms with Crippen LogP contribution in [-0.4, -0.2) is 54.1 Å². The molecule has 1 saturated heterocycles. The molecule has 1 fully saturated rings. The zero-order valence-corrected chi connectivity index (χ0v) is 17.3. The van der Waals surface area contributed by atoms with Crippen LogP contribution < -0.4 is 20.1 Å². The topological polar surface area (TPSA) is 102 Å². The number of ether oxygens (including phenoxy) is 2. The monoisotopic (exact) mass is 414 g/mol. The molecule has 1 aromatic heterocycles. The summed E-state index contributed by atoms with van der Waals surface area (Å²) >= 11 is 0. The Labute approximate surface area is 174 Å². The van der Waals surface area contributed by atoms with Crippen molar-refractivity contribution in [1.29, 1.82) is 0 Å². The molecule has 1 aromatic carbocycles. The normalized spacial score (nSPS) is 15.8. The van der Waals surface area contributed by atoms with Crippen LogP contribution in [0.1, 0.15) is 17.7 Å². The van der Waals surface area contributed by atoms with E-state index in [1.54, 1.807) is 20.3 Å². The molecule has 30 heavy (non-hydrogen) atoms. The molecule has 1 aliphatic heterocycles. The van der Waals surface area contributed by atoms with Crippen LogP contribution in [0.15, 0.2) is 36.5 Å². The summed E-state index contributed by atoms with van der Waals surface area (Å²) in [6, 6.07) is 7.90. The molecule has 0 aliphatic carbocycles. The van der Waals surface area contributed by atoms with Gasteiger partial charge in [-0.15, -0.1) is 0 Å². The molecule has 9 nitrogen and oxygen atoms in total. The molecule has 3 rings (SSSR count). The molecule has 0 radical (unpaired) electrons. The fourth-order valence-electron chi connectivity index (χ4n) is 3.33. The fraction of sp³-hybridized carbons (Fsp3) is 0.381. The first-order valence-corrected chi connectivity index (χ1v) is 9.62. The molecule has 9 heteroatoms. The Morgan fingerprint density at radius 3 is 2.60 bits per heavy atom. The van der Waals surface area contributed by atoms with Crippen molar-refractivity contribution in [3.05, 3.63) is 47.8 Å². The van der Waals surface area contributed by atoms with Gasteiger partial charge in [0.05, 0.1) is 27.2 Å². The van der Waals surface area contributed by atoms with Gasteiger partial charge in [0, 0.05) is 25.5 Å². The van der Waals surface area contributed by atoms with E-state index in [4.69, 9.17) is 9.47 Å². The molecule has 2 heterocycles. The molecule has 0 saturated carbocycles. The number of hydrogen-bond donors (Lipinski definition) is 2. The van der Waals surface area contributed by atoms with Gasteiger partial charge in [-0.05, 0) is 36.2 Å². The van der Waals surface area contributed by atoms with Gasteiger partial charge in [-0.1, -0.05) is 6.07 Å². The van der Waals surface area contributed by atoms with E-state index in [1.165, 1.54) is 0 Å². The van der Waals surface area contributed by atoms with E-state index in [0.717, 1.165) is 16.2 Å². The second-order valence-electron chi connectivity index (χ2n) is 7.02. The number of rotatable bonds is 9. The number of hydrogen-bond acceptors (Lipinski definition) is 5. The van der Waals surface area contributed by atoms with Crippen LogP contribution in [0.4, 0.5) is 4.79 Å². The van der Waals surface area contributed by atoms with Crippen LogP contribution in [-0.2, 0) is 29.6 Å². The summed E-state index contributed by atoms with van der Waals surface area (Å²) in [6.45, 7) is 0.571. The van der Waals surface area contributed by atoms with Crippen LogP contribution >= 0.6 is 0 Å². The minimum Gasteiger partial charge on any atom is -0.493 e. The van der Waals surface area contributed by atoms with Gasteiger partial charge in [0.2, 0.25) is 5.91 Å². The Bertz CT molecular complexity index is 939. The molecular formula is C21H26N4O5. The lowest BCUT2D eigenvalue weighted by molar-refractivity contribution is -0.130. The predicted octanol–water partition coefficient (Wildman–Crippen LogP) is 1.21. The molecule has 0 unspecified atom stereocenters. The number of nitrogens with one attached hydrogen (secondary N) is 2. The Morgan fingerprint density at radius 1 is 1.17 bits per heavy atom. The van der Waals surface area contributed by atoms with Gasteiger partial charge >= 0.3 is 6.03 Å². The van der Waals surface area contributed by atoms with Crippen LogP contribution in [0, 0.1) is 0 Å². The summed E-state index contributed by atoms with van der Waals surface area (Å²) in [5.74, 6) is 0.503. The Balaban J connectivity index is 1.53. The van der Waals surface area contributed by atoms with Crippen molar-refractivity contribution in [2.45, 2.75) is 25.4 Å². The highest BCUT2D eigenvalue weighted by Crippen LogP contribution is 2.27. The smallest absolute Gasteiger partial charge is 0.324 e. The lowest BCUT2D eigenvalue weighted by Gasteiger charge is -2.14. The number of nitrogens with zero attached hydrogens (tertiary/aromatic N) is 2. The lowest BCUT2D eigenvalue weighted by atomic mass is 10.1. The van der Waals surface area contributed by atoms with Crippen molar-refractivity contribution in [3.8, 4) is 11.5 Å². The molecule has 1 atom stereocenters. The molecule has 0 spiro atoms. The number of carbonyl (C=O) groups is 3. The number of benzene rings is 1. The summed E-state index contributed by atoms with van der Waals surface area (Å²) in [6.07, 6.45) is 2.26. The van der Waals surface area contributed by atoms with Crippen molar-refractivity contribution in [1.82, 2.24) is 20.1 Å². The van der Waals surface area contributed by atoms with Crippen molar-refractivity contribution < 1.29 is 23.9 Å². The third kappa shape index (κ3) is 4.73. The molecule has 0 bridgehead atoms. The second kappa shape index (κ2) is 9.34. The van der Waals surface area contributed by atoms with Crippen molar-refractivity contribution in [2.75, 3.05) is 20.8 Å². The highest BCUT2D eigenvalue weighted by atomic mass is 16.5. The number of aromatic nitrogens is 1. The Morgan fingerprint density at radius 2 is 1.93 bits per heavy atom. The van der Waals surface area contributed by atoms with Crippen LogP contribution in [0.2, 0.25) is 0 Å². The first kappa shape index (κ1) is 21.2. The third-order valence-electron chi connectivity index (χ3n) is 5.09. The van der Waals surface area contributed by atoms with Gasteiger partial charge in [0.1, 0.15) is 6.04 Å². The minimum absolute atomic E-state index is 0.0954. The quantitative estimate of drug-likeness (QED) is 0.601. The summed E-state index contributed by atoms with van der Waals surface area (Å²) < 4.78 is 12.4. The first-order chi connectivity index (χ1) is 14.4. The van der Waals surface area contributed by atoms with Gasteiger partial charge in [-0.3, -0.25) is 14.5 Å². The van der Waals surface area contributed by atoms with Gasteiger partial charge in [0.15, 0.2) is 11.5 Å². The second-order valence-corrected chi connectivity index (χ2v) is 7.02. The highest BCUT2D eigenvalue weighted by molar-refractivity contribution is 6.05. The minimum atomic E-state index is -0.851. The molecule has 160 valence electrons. The Kier molecular flexibility index (Phi) is 6.61. The molecule has 2 N–H and O–H groups in total. The van der Waals surface area contributed by atoms with E-state index in [-0.39, 0.29) is 18.9 Å². The van der Waals surface area contributed by atoms with Gasteiger partial charge in [0.25, 0.3) is 5.91 Å². The van der Waals surface area contributed by atoms with Gasteiger partial charge < -0.3 is 24.7 Å². The van der Waals surface area contributed by atoms with E-state index in [2.05, 4.69) is 10.6 Å². The van der Waals surface area contributed by atoms with Crippen LogP contribution in [0.25, 0.3) is 0 Å². The van der Waals surface area contributed by atoms with E-state index < -0.39 is 18.0 Å². The molecule has 1 aliphatic rings. The fourth-order valence-corrected chi connectivity index (χ4v) is 3.33. The Hall–Kier alpha value is -3.49. The maximum atomic E-state index is 12.6. The van der Waals surface area contributed by atoms with Crippen molar-refractivity contribution in [2.24, 2.45) is 7.05 Å². The average Bonchev–Trinajstić information content (AvgIpc) is 3.26. The number of imide groups is 1. The molecular weight excluding hydrogens is 388 g/mol. The third-order valence-corrected chi connectivity index (χ3v) is 5.09. The number of aryl methyl sites for hydroxylation is 1. The number of urea groups is 1. The summed E-state index contributed by atoms with van der Waals surface area (Å²) in [7, 11) is 4.99. The summed E-state index contributed by atoms with van der Waals surface area (Å²) in [5.41, 5.74) is 1.85. The average molecular weight is 414 g/mol. The van der Waals surface area contributed by atoms with Gasteiger partial charge in [-0.25, -0.2) is 4.79 Å². The van der Waals surface area contributed by atoms with E-state index >= 15 is 0 Å². The van der Waals surface area contributed by atoms with Crippen LogP contribution in [0.3, 0.4) is 0 Å². The molecule has 4 amide bonds. The number of amides is 4. The predicted molar refractivity (Wildman–Crippen MR) is 109 cm³/mol. The van der Waals surface area contributed by atoms with Gasteiger partial charge in [-0.2, -0.15) is 0 Å². The summed E-state index contributed by atoms with van der Waals surface area (Å²) in [5, 5.41) is 5.37. The lowest BCUT2D eigenvalue weighted by Crippen LogP contribution is -2.36. The highest BCUT2D eigenvalue weighted by Gasteiger charge is 2.38. The van der Waals surface area contributed by atoms with E-state index in [0.29, 0.717) is 24.5 Å². The standard InChI is InChI=1S/C21H26N4O5/c1-24-9-4-5-15(24)13-22-19(26)12-16-20(27)25(21(28)23-16)10-8-14-6-7-17(29-2)18(11-14)30-3/h4-7,9,11,16H,8,10,12-13H2,1-3H3,(H,22,26)(H,23,28)/t16-/m0/s1. The largest absolute Gasteiger partial charge is 0.493 e. The number of methoxy groups -OCH3 is 2. The van der Waals surface area contributed by atoms with Crippen LogP contribution in [0.5, 0.6) is 11.5 Å². The van der Waals surface area contributed by atoms with E-state index in [1.807, 2.05) is 42.1 Å². The first-order valence-electron chi connectivity index (χ1n) is 9.62. The maximum absolute atomic E-state index is 12.6. The SMILES string of the molecule is COc1ccc(CCN2C(=O)N[C@@H](CC(=O)NCc3cccn3C)C2=O)cc1OC. The zero-order valence-electron chi connectivity index (χ0n) is 17.3. The zero-order chi connectivity index (χ0) is 21.7. The van der Waals surface area contributed by atoms with E-state index in [9.17, 15) is 14.4 Å². The van der Waals surface area contributed by atoms with Crippen molar-refractivity contribution >= 4 is 17.8 Å².